The first-order valence-corrected chi connectivity index (χ1v) is 12.4. The van der Waals surface area contributed by atoms with Crippen molar-refractivity contribution in [2.75, 3.05) is 45.9 Å². The van der Waals surface area contributed by atoms with Gasteiger partial charge in [0, 0.05) is 45.7 Å². The van der Waals surface area contributed by atoms with Crippen LogP contribution in [0, 0.1) is 5.92 Å². The van der Waals surface area contributed by atoms with Crippen LogP contribution in [0.4, 0.5) is 0 Å². The largest absolute Gasteiger partial charge is 0.373 e. The number of ether oxygens (including phenoxy) is 1. The first kappa shape index (κ1) is 23.1. The number of guanidine groups is 1. The summed E-state index contributed by atoms with van der Waals surface area (Å²) in [4.78, 5) is 21.9. The number of carbonyl (C=O) groups is 1. The number of nitrogens with zero attached hydrogens (tertiary/aromatic N) is 3. The molecule has 2 heterocycles. The molecule has 2 saturated heterocycles. The van der Waals surface area contributed by atoms with Crippen molar-refractivity contribution < 1.29 is 9.53 Å². The lowest BCUT2D eigenvalue weighted by Crippen LogP contribution is -2.50. The van der Waals surface area contributed by atoms with Crippen LogP contribution in [-0.4, -0.2) is 79.7 Å². The van der Waals surface area contributed by atoms with E-state index < -0.39 is 0 Å². The zero-order valence-electron chi connectivity index (χ0n) is 19.5. The van der Waals surface area contributed by atoms with Crippen molar-refractivity contribution in [3.05, 3.63) is 35.9 Å². The molecule has 1 amide bonds. The molecular formula is C25H39N5O2. The van der Waals surface area contributed by atoms with Crippen LogP contribution in [0.1, 0.15) is 44.6 Å². The molecule has 2 atom stereocenters. The van der Waals surface area contributed by atoms with E-state index >= 15 is 0 Å². The van der Waals surface area contributed by atoms with E-state index in [9.17, 15) is 4.79 Å². The molecule has 32 heavy (non-hydrogen) atoms. The van der Waals surface area contributed by atoms with Gasteiger partial charge in [0.25, 0.3) is 0 Å². The van der Waals surface area contributed by atoms with Gasteiger partial charge in [-0.2, -0.15) is 0 Å². The number of benzene rings is 1. The molecular weight excluding hydrogens is 402 g/mol. The number of morpholine rings is 1. The fourth-order valence-electron chi connectivity index (χ4n) is 5.28. The van der Waals surface area contributed by atoms with Gasteiger partial charge in [-0.15, -0.1) is 0 Å². The van der Waals surface area contributed by atoms with Crippen molar-refractivity contribution in [1.29, 1.82) is 0 Å². The van der Waals surface area contributed by atoms with E-state index in [4.69, 9.17) is 9.73 Å². The van der Waals surface area contributed by atoms with Crippen LogP contribution in [0.2, 0.25) is 0 Å². The summed E-state index contributed by atoms with van der Waals surface area (Å²) in [6.07, 6.45) is 5.85. The summed E-state index contributed by atoms with van der Waals surface area (Å²) in [5, 5.41) is 6.49. The summed E-state index contributed by atoms with van der Waals surface area (Å²) in [6.45, 7) is 8.59. The maximum atomic E-state index is 12.2. The highest BCUT2D eigenvalue weighted by Crippen LogP contribution is 2.27. The monoisotopic (exact) mass is 441 g/mol. The zero-order chi connectivity index (χ0) is 22.2. The van der Waals surface area contributed by atoms with Crippen LogP contribution in [0.5, 0.6) is 0 Å². The molecule has 176 valence electrons. The molecule has 2 N–H and O–H groups in total. The second-order valence-electron chi connectivity index (χ2n) is 9.28. The van der Waals surface area contributed by atoms with Crippen LogP contribution in [-0.2, 0) is 16.1 Å². The van der Waals surface area contributed by atoms with Gasteiger partial charge in [-0.1, -0.05) is 43.2 Å². The summed E-state index contributed by atoms with van der Waals surface area (Å²) in [5.41, 5.74) is 1.35. The van der Waals surface area contributed by atoms with E-state index in [2.05, 4.69) is 57.7 Å². The Morgan fingerprint density at radius 1 is 1.16 bits per heavy atom. The smallest absolute Gasteiger partial charge is 0.220 e. The fourth-order valence-corrected chi connectivity index (χ4v) is 5.28. The Balaban J connectivity index is 1.28. The van der Waals surface area contributed by atoms with Gasteiger partial charge in [-0.05, 0) is 31.2 Å². The van der Waals surface area contributed by atoms with Gasteiger partial charge in [0.05, 0.1) is 25.3 Å². The summed E-state index contributed by atoms with van der Waals surface area (Å²) in [7, 11) is 0. The number of rotatable bonds is 8. The summed E-state index contributed by atoms with van der Waals surface area (Å²) < 4.78 is 6.13. The Labute approximate surface area is 192 Å². The van der Waals surface area contributed by atoms with Crippen molar-refractivity contribution in [3.63, 3.8) is 0 Å². The van der Waals surface area contributed by atoms with Crippen LogP contribution in [0.25, 0.3) is 0 Å². The third kappa shape index (κ3) is 6.23. The number of hydrogen-bond acceptors (Lipinski definition) is 4. The number of nitrogens with one attached hydrogen (secondary N) is 2. The van der Waals surface area contributed by atoms with Crippen LogP contribution < -0.4 is 10.6 Å². The molecule has 7 heteroatoms. The molecule has 0 bridgehead atoms. The highest BCUT2D eigenvalue weighted by atomic mass is 16.5. The van der Waals surface area contributed by atoms with Gasteiger partial charge >= 0.3 is 0 Å². The van der Waals surface area contributed by atoms with Crippen LogP contribution >= 0.6 is 0 Å². The minimum atomic E-state index is 0.175. The van der Waals surface area contributed by atoms with E-state index in [1.165, 1.54) is 31.2 Å². The lowest BCUT2D eigenvalue weighted by molar-refractivity contribution is -0.121. The van der Waals surface area contributed by atoms with E-state index in [1.807, 2.05) is 0 Å². The number of hydrogen-bond donors (Lipinski definition) is 2. The van der Waals surface area contributed by atoms with Gasteiger partial charge < -0.3 is 20.3 Å². The van der Waals surface area contributed by atoms with Crippen molar-refractivity contribution in [2.24, 2.45) is 10.9 Å². The quantitative estimate of drug-likeness (QED) is 0.368. The lowest BCUT2D eigenvalue weighted by atomic mass is 10.0. The van der Waals surface area contributed by atoms with Gasteiger partial charge in [-0.25, -0.2) is 0 Å². The minimum Gasteiger partial charge on any atom is -0.373 e. The third-order valence-electron chi connectivity index (χ3n) is 6.92. The number of carbonyl (C=O) groups excluding carboxylic acids is 1. The topological polar surface area (TPSA) is 69.2 Å². The molecule has 1 saturated carbocycles. The highest BCUT2D eigenvalue weighted by Gasteiger charge is 2.41. The molecule has 2 aliphatic heterocycles. The SMILES string of the molecule is CCNC(=NCCNC(=O)CC1CCCC1)N1CC2OCCN(Cc3ccccc3)C2C1. The predicted molar refractivity (Wildman–Crippen MR) is 128 cm³/mol. The Morgan fingerprint density at radius 2 is 1.97 bits per heavy atom. The van der Waals surface area contributed by atoms with Gasteiger partial charge in [-0.3, -0.25) is 14.7 Å². The second-order valence-corrected chi connectivity index (χ2v) is 9.28. The predicted octanol–water partition coefficient (Wildman–Crippen LogP) is 2.23. The molecule has 0 radical (unpaired) electrons. The summed E-state index contributed by atoms with van der Waals surface area (Å²) in [6, 6.07) is 11.1. The zero-order valence-corrected chi connectivity index (χ0v) is 19.5. The van der Waals surface area contributed by atoms with E-state index in [0.717, 1.165) is 45.3 Å². The molecule has 0 spiro atoms. The van der Waals surface area contributed by atoms with Gasteiger partial charge in [0.15, 0.2) is 5.96 Å². The molecule has 1 aromatic rings. The molecule has 1 aromatic carbocycles. The molecule has 3 aliphatic rings. The summed E-state index contributed by atoms with van der Waals surface area (Å²) >= 11 is 0. The maximum Gasteiger partial charge on any atom is 0.220 e. The number of fused-ring (bicyclic) bond motifs is 1. The average molecular weight is 442 g/mol. The molecule has 2 unspecified atom stereocenters. The third-order valence-corrected chi connectivity index (χ3v) is 6.92. The van der Waals surface area contributed by atoms with Crippen LogP contribution in [0.15, 0.2) is 35.3 Å². The highest BCUT2D eigenvalue weighted by molar-refractivity contribution is 5.80. The molecule has 3 fully saturated rings. The van der Waals surface area contributed by atoms with Gasteiger partial charge in [0.1, 0.15) is 0 Å². The average Bonchev–Trinajstić information content (AvgIpc) is 3.47. The standard InChI is InChI=1S/C25H39N5O2/c1-2-26-25(28-13-12-27-24(31)16-20-8-6-7-9-20)30-18-22-23(19-30)32-15-14-29(22)17-21-10-4-3-5-11-21/h3-5,10-11,20,22-23H,2,6-9,12-19H2,1H3,(H,26,28)(H,27,31). The Bertz CT molecular complexity index is 750. The van der Waals surface area contributed by atoms with Crippen molar-refractivity contribution in [2.45, 2.75) is 57.7 Å². The van der Waals surface area contributed by atoms with E-state index in [1.54, 1.807) is 0 Å². The Kier molecular flexibility index (Phi) is 8.40. The minimum absolute atomic E-state index is 0.175. The Morgan fingerprint density at radius 3 is 2.75 bits per heavy atom. The Hall–Kier alpha value is -2.12. The van der Waals surface area contributed by atoms with E-state index in [-0.39, 0.29) is 12.0 Å². The normalized spacial score (nSPS) is 24.5. The lowest BCUT2D eigenvalue weighted by Gasteiger charge is -2.36. The van der Waals surface area contributed by atoms with Gasteiger partial charge in [0.2, 0.25) is 5.91 Å². The first-order chi connectivity index (χ1) is 15.7. The van der Waals surface area contributed by atoms with E-state index in [0.29, 0.717) is 31.5 Å². The number of aliphatic imine (C=N–C) groups is 1. The first-order valence-electron chi connectivity index (χ1n) is 12.4. The second kappa shape index (κ2) is 11.7. The van der Waals surface area contributed by atoms with Crippen LogP contribution in [0.3, 0.4) is 0 Å². The molecule has 0 aromatic heterocycles. The summed E-state index contributed by atoms with van der Waals surface area (Å²) in [5.74, 6) is 1.69. The molecule has 7 nitrogen and oxygen atoms in total. The maximum absolute atomic E-state index is 12.2. The molecule has 1 aliphatic carbocycles. The van der Waals surface area contributed by atoms with Crippen molar-refractivity contribution in [3.8, 4) is 0 Å². The van der Waals surface area contributed by atoms with Crippen molar-refractivity contribution in [1.82, 2.24) is 20.4 Å². The molecule has 4 rings (SSSR count). The fraction of sp³-hybridized carbons (Fsp3) is 0.680. The number of amides is 1. The number of likely N-dealkylation sites (tertiary alicyclic amines) is 1. The van der Waals surface area contributed by atoms with Crippen molar-refractivity contribution >= 4 is 11.9 Å².